The van der Waals surface area contributed by atoms with Gasteiger partial charge in [0.05, 0.1) is 29.4 Å². The molecule has 1 aromatic carbocycles. The van der Waals surface area contributed by atoms with E-state index in [2.05, 4.69) is 52.2 Å². The average Bonchev–Trinajstić information content (AvgIpc) is 2.75. The summed E-state index contributed by atoms with van der Waals surface area (Å²) in [6.07, 6.45) is 4.76. The molecule has 7 heteroatoms. The minimum absolute atomic E-state index is 0.111. The topological polar surface area (TPSA) is 76.1 Å². The summed E-state index contributed by atoms with van der Waals surface area (Å²) in [4.78, 5) is 13.5. The molecular formula is C23H26N4O2S. The van der Waals surface area contributed by atoms with Crippen molar-refractivity contribution >= 4 is 10.0 Å². The van der Waals surface area contributed by atoms with E-state index in [0.717, 1.165) is 39.3 Å². The van der Waals surface area contributed by atoms with Crippen LogP contribution >= 0.6 is 0 Å². The molecule has 0 bridgehead atoms. The Balaban J connectivity index is 1.63. The second-order valence-electron chi connectivity index (χ2n) is 7.78. The Labute approximate surface area is 178 Å². The second-order valence-corrected chi connectivity index (χ2v) is 10.0. The van der Waals surface area contributed by atoms with Crippen LogP contribution < -0.4 is 0 Å². The molecule has 0 saturated heterocycles. The molecule has 3 heterocycles. The molecule has 1 aliphatic heterocycles. The van der Waals surface area contributed by atoms with E-state index < -0.39 is 10.0 Å². The van der Waals surface area contributed by atoms with Crippen molar-refractivity contribution in [1.29, 1.82) is 0 Å². The van der Waals surface area contributed by atoms with Crippen LogP contribution in [0.3, 0.4) is 0 Å². The predicted octanol–water partition coefficient (Wildman–Crippen LogP) is 3.45. The van der Waals surface area contributed by atoms with Crippen molar-refractivity contribution in [2.24, 2.45) is 0 Å². The van der Waals surface area contributed by atoms with Crippen LogP contribution in [0.2, 0.25) is 0 Å². The summed E-state index contributed by atoms with van der Waals surface area (Å²) in [6.45, 7) is 6.61. The van der Waals surface area contributed by atoms with Crippen LogP contribution in [0.5, 0.6) is 0 Å². The van der Waals surface area contributed by atoms with E-state index in [1.54, 1.807) is 13.3 Å². The Morgan fingerprint density at radius 1 is 1.07 bits per heavy atom. The van der Waals surface area contributed by atoms with Crippen LogP contribution in [0.25, 0.3) is 11.3 Å². The Kier molecular flexibility index (Phi) is 5.66. The zero-order valence-electron chi connectivity index (χ0n) is 17.6. The van der Waals surface area contributed by atoms with E-state index in [-0.39, 0.29) is 5.75 Å². The molecule has 30 heavy (non-hydrogen) atoms. The minimum atomic E-state index is -3.21. The number of hydrogen-bond acceptors (Lipinski definition) is 5. The number of hydrogen-bond donors (Lipinski definition) is 0. The Hall–Kier alpha value is -2.64. The fourth-order valence-electron chi connectivity index (χ4n) is 3.85. The lowest BCUT2D eigenvalue weighted by atomic mass is 9.96. The van der Waals surface area contributed by atoms with Gasteiger partial charge in [-0.1, -0.05) is 18.2 Å². The first-order valence-corrected chi connectivity index (χ1v) is 11.8. The molecule has 0 atom stereocenters. The summed E-state index contributed by atoms with van der Waals surface area (Å²) < 4.78 is 26.0. The smallest absolute Gasteiger partial charge is 0.214 e. The molecule has 1 aliphatic rings. The van der Waals surface area contributed by atoms with Crippen molar-refractivity contribution in [2.75, 3.05) is 12.3 Å². The number of sulfonamides is 1. The lowest BCUT2D eigenvalue weighted by Crippen LogP contribution is -2.37. The highest BCUT2D eigenvalue weighted by Gasteiger charge is 2.27. The van der Waals surface area contributed by atoms with Crippen molar-refractivity contribution in [2.45, 2.75) is 40.2 Å². The van der Waals surface area contributed by atoms with Crippen LogP contribution in [-0.4, -0.2) is 40.0 Å². The average molecular weight is 423 g/mol. The van der Waals surface area contributed by atoms with Gasteiger partial charge in [-0.3, -0.25) is 4.98 Å². The minimum Gasteiger partial charge on any atom is -0.256 e. The van der Waals surface area contributed by atoms with Gasteiger partial charge in [0.25, 0.3) is 0 Å². The third-order valence-corrected chi connectivity index (χ3v) is 7.51. The number of rotatable bonds is 5. The molecular weight excluding hydrogens is 396 g/mol. The van der Waals surface area contributed by atoms with Crippen LogP contribution in [0.15, 0.2) is 42.9 Å². The highest BCUT2D eigenvalue weighted by atomic mass is 32.2. The van der Waals surface area contributed by atoms with Gasteiger partial charge in [-0.2, -0.15) is 4.31 Å². The van der Waals surface area contributed by atoms with Gasteiger partial charge < -0.3 is 0 Å². The molecule has 0 aliphatic carbocycles. The number of benzene rings is 1. The third kappa shape index (κ3) is 4.13. The number of nitrogens with zero attached hydrogens (tertiary/aromatic N) is 4. The highest BCUT2D eigenvalue weighted by Crippen LogP contribution is 2.27. The maximum absolute atomic E-state index is 12.2. The normalized spacial score (nSPS) is 14.5. The number of fused-ring (bicyclic) bond motifs is 1. The van der Waals surface area contributed by atoms with Gasteiger partial charge in [0.1, 0.15) is 6.33 Å². The summed E-state index contributed by atoms with van der Waals surface area (Å²) >= 11 is 0. The van der Waals surface area contributed by atoms with Gasteiger partial charge in [0.15, 0.2) is 0 Å². The van der Waals surface area contributed by atoms with E-state index in [4.69, 9.17) is 0 Å². The molecule has 0 amide bonds. The molecule has 0 radical (unpaired) electrons. The SMILES string of the molecule is CCS(=O)(=O)N1CCc2c(Cc3ccc(C)c(-c4ccc(C)cn4)c3)ncnc2C1. The largest absolute Gasteiger partial charge is 0.256 e. The third-order valence-electron chi connectivity index (χ3n) is 5.68. The summed E-state index contributed by atoms with van der Waals surface area (Å²) in [7, 11) is -3.21. The van der Waals surface area contributed by atoms with Crippen LogP contribution in [0.4, 0.5) is 0 Å². The van der Waals surface area contributed by atoms with Gasteiger partial charge >= 0.3 is 0 Å². The van der Waals surface area contributed by atoms with E-state index in [9.17, 15) is 8.42 Å². The molecule has 0 fully saturated rings. The molecule has 0 N–H and O–H groups in total. The summed E-state index contributed by atoms with van der Waals surface area (Å²) in [6, 6.07) is 10.5. The standard InChI is InChI=1S/C23H26N4O2S/c1-4-30(28,29)27-10-9-19-22(25-15-26-23(19)14-27)12-18-7-6-17(3)20(11-18)21-8-5-16(2)13-24-21/h5-8,11,13,15H,4,9-10,12,14H2,1-3H3. The lowest BCUT2D eigenvalue weighted by Gasteiger charge is -2.27. The number of pyridine rings is 1. The summed E-state index contributed by atoms with van der Waals surface area (Å²) in [5.41, 5.74) is 8.43. The van der Waals surface area contributed by atoms with E-state index in [1.165, 1.54) is 9.87 Å². The van der Waals surface area contributed by atoms with E-state index >= 15 is 0 Å². The van der Waals surface area contributed by atoms with Gasteiger partial charge in [-0.25, -0.2) is 18.4 Å². The quantitative estimate of drug-likeness (QED) is 0.629. The molecule has 0 saturated carbocycles. The summed E-state index contributed by atoms with van der Waals surface area (Å²) in [5, 5.41) is 0. The van der Waals surface area contributed by atoms with Crippen molar-refractivity contribution < 1.29 is 8.42 Å². The first-order chi connectivity index (χ1) is 14.4. The van der Waals surface area contributed by atoms with Crippen molar-refractivity contribution in [3.63, 3.8) is 0 Å². The van der Waals surface area contributed by atoms with Gasteiger partial charge in [-0.15, -0.1) is 0 Å². The van der Waals surface area contributed by atoms with E-state index in [0.29, 0.717) is 25.9 Å². The van der Waals surface area contributed by atoms with Crippen molar-refractivity contribution in [3.8, 4) is 11.3 Å². The highest BCUT2D eigenvalue weighted by molar-refractivity contribution is 7.89. The van der Waals surface area contributed by atoms with Crippen LogP contribution in [-0.2, 0) is 29.4 Å². The first kappa shape index (κ1) is 20.6. The second kappa shape index (κ2) is 8.24. The van der Waals surface area contributed by atoms with Gasteiger partial charge in [0, 0.05) is 24.7 Å². The zero-order valence-corrected chi connectivity index (χ0v) is 18.4. The van der Waals surface area contributed by atoms with Crippen molar-refractivity contribution in [3.05, 3.63) is 76.5 Å². The molecule has 6 nitrogen and oxygen atoms in total. The molecule has 0 spiro atoms. The molecule has 2 aromatic heterocycles. The van der Waals surface area contributed by atoms with Gasteiger partial charge in [-0.05, 0) is 61.6 Å². The van der Waals surface area contributed by atoms with Gasteiger partial charge in [0.2, 0.25) is 10.0 Å². The monoisotopic (exact) mass is 422 g/mol. The summed E-state index contributed by atoms with van der Waals surface area (Å²) in [5.74, 6) is 0.111. The zero-order chi connectivity index (χ0) is 21.3. The van der Waals surface area contributed by atoms with Crippen molar-refractivity contribution in [1.82, 2.24) is 19.3 Å². The van der Waals surface area contributed by atoms with Crippen LogP contribution in [0, 0.1) is 13.8 Å². The molecule has 0 unspecified atom stereocenters. The first-order valence-electron chi connectivity index (χ1n) is 10.2. The lowest BCUT2D eigenvalue weighted by molar-refractivity contribution is 0.384. The fourth-order valence-corrected chi connectivity index (χ4v) is 4.90. The van der Waals surface area contributed by atoms with E-state index in [1.807, 2.05) is 13.1 Å². The maximum Gasteiger partial charge on any atom is 0.214 e. The molecule has 4 rings (SSSR count). The Bertz CT molecular complexity index is 1170. The Morgan fingerprint density at radius 3 is 2.63 bits per heavy atom. The molecule has 156 valence electrons. The Morgan fingerprint density at radius 2 is 1.90 bits per heavy atom. The molecule has 3 aromatic rings. The number of aromatic nitrogens is 3. The maximum atomic E-state index is 12.2. The fraction of sp³-hybridized carbons (Fsp3) is 0.348. The number of aryl methyl sites for hydroxylation is 2. The van der Waals surface area contributed by atoms with Crippen LogP contribution in [0.1, 0.15) is 40.6 Å². The predicted molar refractivity (Wildman–Crippen MR) is 118 cm³/mol.